The molecule has 1 aromatic carbocycles. The highest BCUT2D eigenvalue weighted by molar-refractivity contribution is 5.93. The second kappa shape index (κ2) is 6.37. The van der Waals surface area contributed by atoms with Crippen molar-refractivity contribution in [1.29, 1.82) is 0 Å². The minimum atomic E-state index is -0.677. The Bertz CT molecular complexity index is 447. The maximum atomic E-state index is 11.5. The van der Waals surface area contributed by atoms with Crippen LogP contribution in [-0.2, 0) is 4.74 Å². The third-order valence-electron chi connectivity index (χ3n) is 1.98. The number of ether oxygens (including phenoxy) is 1. The average Bonchev–Trinajstić information content (AvgIpc) is 2.32. The lowest BCUT2D eigenvalue weighted by molar-refractivity contribution is 0.0545. The van der Waals surface area contributed by atoms with Crippen LogP contribution in [0.25, 0.3) is 0 Å². The van der Waals surface area contributed by atoms with Crippen LogP contribution in [0, 0.1) is 0 Å². The molecule has 0 aromatic heterocycles. The molecule has 0 radical (unpaired) electrons. The zero-order valence-electron chi connectivity index (χ0n) is 9.46. The molecule has 1 aromatic rings. The smallest absolute Gasteiger partial charge is 0.342 e. The highest BCUT2D eigenvalue weighted by atomic mass is 16.5. The first kappa shape index (κ1) is 12.8. The molecule has 0 heterocycles. The van der Waals surface area contributed by atoms with Crippen LogP contribution >= 0.6 is 0 Å². The van der Waals surface area contributed by atoms with E-state index in [1.807, 2.05) is 13.0 Å². The van der Waals surface area contributed by atoms with E-state index in [-0.39, 0.29) is 17.9 Å². The van der Waals surface area contributed by atoms with E-state index >= 15 is 0 Å². The van der Waals surface area contributed by atoms with Crippen molar-refractivity contribution >= 4 is 5.97 Å². The summed E-state index contributed by atoms with van der Waals surface area (Å²) in [5.74, 6) is -1.48. The summed E-state index contributed by atoms with van der Waals surface area (Å²) in [6, 6.07) is 4.13. The van der Waals surface area contributed by atoms with Crippen LogP contribution in [0.3, 0.4) is 0 Å². The Morgan fingerprint density at radius 3 is 2.82 bits per heavy atom. The third kappa shape index (κ3) is 3.68. The van der Waals surface area contributed by atoms with Crippen LogP contribution in [0.1, 0.15) is 17.3 Å². The molecular formula is C13H14O4. The van der Waals surface area contributed by atoms with E-state index in [1.165, 1.54) is 18.2 Å². The molecule has 90 valence electrons. The third-order valence-corrected chi connectivity index (χ3v) is 1.98. The van der Waals surface area contributed by atoms with Crippen molar-refractivity contribution in [3.8, 4) is 11.5 Å². The summed E-state index contributed by atoms with van der Waals surface area (Å²) < 4.78 is 4.88. The van der Waals surface area contributed by atoms with Gasteiger partial charge in [-0.3, -0.25) is 0 Å². The Morgan fingerprint density at radius 2 is 2.12 bits per heavy atom. The minimum absolute atomic E-state index is 0.0515. The monoisotopic (exact) mass is 234 g/mol. The molecule has 1 rings (SSSR count). The first-order valence-corrected chi connectivity index (χ1v) is 5.12. The van der Waals surface area contributed by atoms with Gasteiger partial charge in [0.25, 0.3) is 0 Å². The van der Waals surface area contributed by atoms with Gasteiger partial charge in [0.2, 0.25) is 0 Å². The summed E-state index contributed by atoms with van der Waals surface area (Å²) in [5, 5.41) is 18.6. The van der Waals surface area contributed by atoms with Gasteiger partial charge < -0.3 is 14.9 Å². The van der Waals surface area contributed by atoms with Crippen molar-refractivity contribution in [3.63, 3.8) is 0 Å². The van der Waals surface area contributed by atoms with Crippen molar-refractivity contribution in [2.45, 2.75) is 6.92 Å². The van der Waals surface area contributed by atoms with E-state index < -0.39 is 11.7 Å². The number of carbonyl (C=O) groups excluding carboxylic acids is 1. The van der Waals surface area contributed by atoms with Gasteiger partial charge in [0.1, 0.15) is 12.2 Å². The van der Waals surface area contributed by atoms with Crippen molar-refractivity contribution in [2.24, 2.45) is 0 Å². The molecule has 0 spiro atoms. The summed E-state index contributed by atoms with van der Waals surface area (Å²) in [5.41, 5.74) is -0.0515. The summed E-state index contributed by atoms with van der Waals surface area (Å²) in [6.45, 7) is 1.99. The van der Waals surface area contributed by atoms with Gasteiger partial charge in [-0.15, -0.1) is 0 Å². The van der Waals surface area contributed by atoms with Gasteiger partial charge in [-0.25, -0.2) is 4.79 Å². The molecule has 0 fully saturated rings. The molecule has 17 heavy (non-hydrogen) atoms. The topological polar surface area (TPSA) is 66.8 Å². The standard InChI is InChI=1S/C13H14O4/c1-2-3-4-5-9-17-13(16)10-7-6-8-11(14)12(10)15/h2-8,14-15H,9H2,1H3/b3-2+,5-4+. The number of phenols is 2. The number of hydrogen-bond donors (Lipinski definition) is 2. The number of esters is 1. The number of aromatic hydroxyl groups is 2. The second-order valence-corrected chi connectivity index (χ2v) is 3.23. The molecule has 4 heteroatoms. The van der Waals surface area contributed by atoms with Gasteiger partial charge in [-0.2, -0.15) is 0 Å². The highest BCUT2D eigenvalue weighted by Gasteiger charge is 2.14. The molecule has 0 aliphatic heterocycles. The molecule has 0 aliphatic rings. The normalized spacial score (nSPS) is 11.1. The zero-order valence-corrected chi connectivity index (χ0v) is 9.46. The molecular weight excluding hydrogens is 220 g/mol. The second-order valence-electron chi connectivity index (χ2n) is 3.23. The van der Waals surface area contributed by atoms with Gasteiger partial charge in [-0.05, 0) is 25.1 Å². The van der Waals surface area contributed by atoms with Crippen molar-refractivity contribution in [1.82, 2.24) is 0 Å². The fourth-order valence-electron chi connectivity index (χ4n) is 1.14. The van der Waals surface area contributed by atoms with Crippen molar-refractivity contribution in [2.75, 3.05) is 6.61 Å². The van der Waals surface area contributed by atoms with Gasteiger partial charge in [-0.1, -0.05) is 24.3 Å². The van der Waals surface area contributed by atoms with Crippen LogP contribution in [-0.4, -0.2) is 22.8 Å². The fourth-order valence-corrected chi connectivity index (χ4v) is 1.14. The molecule has 0 bridgehead atoms. The van der Waals surface area contributed by atoms with E-state index in [0.29, 0.717) is 0 Å². The molecule has 0 unspecified atom stereocenters. The Balaban J connectivity index is 2.61. The molecule has 4 nitrogen and oxygen atoms in total. The number of carbonyl (C=O) groups is 1. The SMILES string of the molecule is C/C=C/C=C/COC(=O)c1cccc(O)c1O. The van der Waals surface area contributed by atoms with Crippen LogP contribution in [0.15, 0.2) is 42.5 Å². The number of benzene rings is 1. The van der Waals surface area contributed by atoms with E-state index in [0.717, 1.165) is 0 Å². The lowest BCUT2D eigenvalue weighted by Gasteiger charge is -2.05. The molecule has 0 aliphatic carbocycles. The van der Waals surface area contributed by atoms with Crippen LogP contribution in [0.4, 0.5) is 0 Å². The van der Waals surface area contributed by atoms with E-state index in [2.05, 4.69) is 0 Å². The number of rotatable bonds is 4. The van der Waals surface area contributed by atoms with Crippen molar-refractivity contribution < 1.29 is 19.7 Å². The predicted molar refractivity (Wildman–Crippen MR) is 64.0 cm³/mol. The van der Waals surface area contributed by atoms with E-state index in [4.69, 9.17) is 4.74 Å². The molecule has 2 N–H and O–H groups in total. The summed E-state index contributed by atoms with van der Waals surface area (Å²) >= 11 is 0. The highest BCUT2D eigenvalue weighted by Crippen LogP contribution is 2.28. The number of para-hydroxylation sites is 1. The van der Waals surface area contributed by atoms with Crippen molar-refractivity contribution in [3.05, 3.63) is 48.1 Å². The quantitative estimate of drug-likeness (QED) is 0.477. The molecule has 0 amide bonds. The number of allylic oxidation sites excluding steroid dienone is 3. The average molecular weight is 234 g/mol. The first-order valence-electron chi connectivity index (χ1n) is 5.12. The predicted octanol–water partition coefficient (Wildman–Crippen LogP) is 2.39. The van der Waals surface area contributed by atoms with Crippen LogP contribution < -0.4 is 0 Å². The Morgan fingerprint density at radius 1 is 1.35 bits per heavy atom. The Kier molecular flexibility index (Phi) is 4.81. The number of phenolic OH excluding ortho intramolecular Hbond substituents is 2. The molecule has 0 saturated carbocycles. The fraction of sp³-hybridized carbons (Fsp3) is 0.154. The maximum Gasteiger partial charge on any atom is 0.342 e. The maximum absolute atomic E-state index is 11.5. The lowest BCUT2D eigenvalue weighted by atomic mass is 10.2. The van der Waals surface area contributed by atoms with Gasteiger partial charge in [0, 0.05) is 0 Å². The molecule has 0 saturated heterocycles. The molecule has 0 atom stereocenters. The minimum Gasteiger partial charge on any atom is -0.504 e. The Hall–Kier alpha value is -2.23. The first-order chi connectivity index (χ1) is 8.16. The van der Waals surface area contributed by atoms with E-state index in [1.54, 1.807) is 18.2 Å². The summed E-state index contributed by atoms with van der Waals surface area (Å²) in [6.07, 6.45) is 7.06. The van der Waals surface area contributed by atoms with Crippen LogP contribution in [0.2, 0.25) is 0 Å². The Labute approximate surface area is 99.5 Å². The van der Waals surface area contributed by atoms with Gasteiger partial charge in [0.05, 0.1) is 0 Å². The lowest BCUT2D eigenvalue weighted by Crippen LogP contribution is -2.05. The van der Waals surface area contributed by atoms with Gasteiger partial charge in [0.15, 0.2) is 11.5 Å². The number of hydrogen-bond acceptors (Lipinski definition) is 4. The largest absolute Gasteiger partial charge is 0.504 e. The zero-order chi connectivity index (χ0) is 12.7. The van der Waals surface area contributed by atoms with Crippen LogP contribution in [0.5, 0.6) is 11.5 Å². The van der Waals surface area contributed by atoms with Gasteiger partial charge >= 0.3 is 5.97 Å². The summed E-state index contributed by atoms with van der Waals surface area (Å²) in [4.78, 5) is 11.5. The van der Waals surface area contributed by atoms with E-state index in [9.17, 15) is 15.0 Å². The summed E-state index contributed by atoms with van der Waals surface area (Å²) in [7, 11) is 0.